The Morgan fingerprint density at radius 1 is 1.19 bits per heavy atom. The zero-order valence-electron chi connectivity index (χ0n) is 12.1. The SMILES string of the molecule is c1cc2nnnn2nc1N(C[C@@H]1CCCO1)C1CCCC1. The predicted octanol–water partition coefficient (Wildman–Crippen LogP) is 1.45. The van der Waals surface area contributed by atoms with Crippen molar-refractivity contribution in [3.63, 3.8) is 0 Å². The van der Waals surface area contributed by atoms with Gasteiger partial charge in [0.25, 0.3) is 0 Å². The lowest BCUT2D eigenvalue weighted by molar-refractivity contribution is 0.113. The van der Waals surface area contributed by atoms with Gasteiger partial charge in [-0.3, -0.25) is 0 Å². The molecule has 0 radical (unpaired) electrons. The van der Waals surface area contributed by atoms with E-state index in [1.807, 2.05) is 12.1 Å². The molecule has 1 atom stereocenters. The minimum atomic E-state index is 0.331. The van der Waals surface area contributed by atoms with Crippen LogP contribution in [0.15, 0.2) is 12.1 Å². The molecule has 0 bridgehead atoms. The molecular formula is C14H20N6O. The van der Waals surface area contributed by atoms with E-state index >= 15 is 0 Å². The molecule has 3 heterocycles. The first-order valence-electron chi connectivity index (χ1n) is 7.84. The Bertz CT molecular complexity index is 602. The fourth-order valence-electron chi connectivity index (χ4n) is 3.45. The van der Waals surface area contributed by atoms with Crippen LogP contribution in [0.4, 0.5) is 5.82 Å². The van der Waals surface area contributed by atoms with Crippen molar-refractivity contribution < 1.29 is 4.74 Å². The molecule has 1 saturated carbocycles. The summed E-state index contributed by atoms with van der Waals surface area (Å²) >= 11 is 0. The van der Waals surface area contributed by atoms with Gasteiger partial charge in [0.15, 0.2) is 11.5 Å². The maximum Gasteiger partial charge on any atom is 0.200 e. The van der Waals surface area contributed by atoms with E-state index in [0.29, 0.717) is 17.8 Å². The first-order valence-corrected chi connectivity index (χ1v) is 7.84. The van der Waals surface area contributed by atoms with Crippen LogP contribution in [-0.4, -0.2) is 50.6 Å². The molecule has 2 aromatic heterocycles. The van der Waals surface area contributed by atoms with Crippen LogP contribution in [0.2, 0.25) is 0 Å². The van der Waals surface area contributed by atoms with Gasteiger partial charge in [-0.2, -0.15) is 0 Å². The molecular weight excluding hydrogens is 268 g/mol. The molecule has 2 aliphatic rings. The molecule has 1 aliphatic carbocycles. The summed E-state index contributed by atoms with van der Waals surface area (Å²) in [7, 11) is 0. The van der Waals surface area contributed by atoms with E-state index in [9.17, 15) is 0 Å². The molecule has 7 nitrogen and oxygen atoms in total. The van der Waals surface area contributed by atoms with Crippen molar-refractivity contribution >= 4 is 11.5 Å². The quantitative estimate of drug-likeness (QED) is 0.848. The molecule has 2 aromatic rings. The van der Waals surface area contributed by atoms with Gasteiger partial charge in [0.2, 0.25) is 0 Å². The van der Waals surface area contributed by atoms with Gasteiger partial charge in [-0.15, -0.1) is 14.8 Å². The van der Waals surface area contributed by atoms with Gasteiger partial charge < -0.3 is 9.64 Å². The molecule has 0 unspecified atom stereocenters. The second-order valence-electron chi connectivity index (χ2n) is 5.94. The zero-order chi connectivity index (χ0) is 14.1. The molecule has 7 heteroatoms. The number of hydrogen-bond donors (Lipinski definition) is 0. The highest BCUT2D eigenvalue weighted by Gasteiger charge is 2.28. The summed E-state index contributed by atoms with van der Waals surface area (Å²) in [5, 5.41) is 16.1. The predicted molar refractivity (Wildman–Crippen MR) is 77.2 cm³/mol. The standard InChI is InChI=1S/C14H20N6O/c1-2-5-11(4-1)19(10-12-6-3-9-21-12)14-8-7-13-15-17-18-20(13)16-14/h7-8,11-12H,1-6,9-10H2/t12-/m0/s1. The van der Waals surface area contributed by atoms with E-state index in [2.05, 4.69) is 25.5 Å². The van der Waals surface area contributed by atoms with E-state index in [1.54, 1.807) is 0 Å². The third-order valence-corrected chi connectivity index (χ3v) is 4.54. The molecule has 0 spiro atoms. The highest BCUT2D eigenvalue weighted by Crippen LogP contribution is 2.28. The largest absolute Gasteiger partial charge is 0.376 e. The lowest BCUT2D eigenvalue weighted by Crippen LogP contribution is -2.40. The van der Waals surface area contributed by atoms with Crippen molar-refractivity contribution in [1.82, 2.24) is 25.3 Å². The summed E-state index contributed by atoms with van der Waals surface area (Å²) in [5.74, 6) is 0.956. The van der Waals surface area contributed by atoms with E-state index in [0.717, 1.165) is 25.4 Å². The second kappa shape index (κ2) is 5.55. The average molecular weight is 288 g/mol. The second-order valence-corrected chi connectivity index (χ2v) is 5.94. The van der Waals surface area contributed by atoms with Crippen molar-refractivity contribution in [2.24, 2.45) is 0 Å². The van der Waals surface area contributed by atoms with Crippen molar-refractivity contribution in [3.05, 3.63) is 12.1 Å². The Balaban J connectivity index is 1.62. The summed E-state index contributed by atoms with van der Waals surface area (Å²) < 4.78 is 7.33. The number of aromatic nitrogens is 5. The van der Waals surface area contributed by atoms with Gasteiger partial charge in [-0.25, -0.2) is 0 Å². The van der Waals surface area contributed by atoms with Gasteiger partial charge in [-0.05, 0) is 48.2 Å². The van der Waals surface area contributed by atoms with Crippen molar-refractivity contribution in [1.29, 1.82) is 0 Å². The molecule has 112 valence electrons. The Morgan fingerprint density at radius 3 is 2.90 bits per heavy atom. The number of hydrogen-bond acceptors (Lipinski definition) is 6. The van der Waals surface area contributed by atoms with Crippen LogP contribution in [0.25, 0.3) is 5.65 Å². The third-order valence-electron chi connectivity index (χ3n) is 4.54. The van der Waals surface area contributed by atoms with Gasteiger partial charge in [0.1, 0.15) is 0 Å². The Kier molecular flexibility index (Phi) is 3.42. The Hall–Kier alpha value is -1.76. The van der Waals surface area contributed by atoms with Crippen LogP contribution in [-0.2, 0) is 4.74 Å². The molecule has 0 aromatic carbocycles. The lowest BCUT2D eigenvalue weighted by Gasteiger charge is -2.31. The summed E-state index contributed by atoms with van der Waals surface area (Å²) in [6.07, 6.45) is 7.74. The molecule has 2 fully saturated rings. The van der Waals surface area contributed by atoms with Gasteiger partial charge in [0, 0.05) is 19.2 Å². The number of rotatable bonds is 4. The number of anilines is 1. The molecule has 0 N–H and O–H groups in total. The molecule has 21 heavy (non-hydrogen) atoms. The molecule has 1 aliphatic heterocycles. The van der Waals surface area contributed by atoms with Gasteiger partial charge >= 0.3 is 0 Å². The number of ether oxygens (including phenoxy) is 1. The van der Waals surface area contributed by atoms with Crippen LogP contribution in [0.5, 0.6) is 0 Å². The summed E-state index contributed by atoms with van der Waals surface area (Å²) in [6, 6.07) is 4.52. The van der Waals surface area contributed by atoms with Crippen LogP contribution in [0.1, 0.15) is 38.5 Å². The first kappa shape index (κ1) is 12.9. The monoisotopic (exact) mass is 288 g/mol. The number of fused-ring (bicyclic) bond motifs is 1. The summed E-state index contributed by atoms with van der Waals surface area (Å²) in [5.41, 5.74) is 0.683. The van der Waals surface area contributed by atoms with Crippen molar-refractivity contribution in [2.45, 2.75) is 50.7 Å². The lowest BCUT2D eigenvalue weighted by atomic mass is 10.1. The molecule has 1 saturated heterocycles. The maximum atomic E-state index is 5.82. The minimum Gasteiger partial charge on any atom is -0.376 e. The van der Waals surface area contributed by atoms with Crippen molar-refractivity contribution in [2.75, 3.05) is 18.1 Å². The summed E-state index contributed by atoms with van der Waals surface area (Å²) in [6.45, 7) is 1.81. The number of tetrazole rings is 1. The average Bonchev–Trinajstić information content (AvgIpc) is 3.24. The maximum absolute atomic E-state index is 5.82. The van der Waals surface area contributed by atoms with E-state index in [-0.39, 0.29) is 0 Å². The molecule has 0 amide bonds. The minimum absolute atomic E-state index is 0.331. The summed E-state index contributed by atoms with van der Waals surface area (Å²) in [4.78, 5) is 2.41. The topological polar surface area (TPSA) is 68.4 Å². The first-order chi connectivity index (χ1) is 10.4. The Labute approximate surface area is 123 Å². The van der Waals surface area contributed by atoms with Crippen LogP contribution >= 0.6 is 0 Å². The van der Waals surface area contributed by atoms with Crippen molar-refractivity contribution in [3.8, 4) is 0 Å². The van der Waals surface area contributed by atoms with E-state index in [1.165, 1.54) is 36.7 Å². The highest BCUT2D eigenvalue weighted by molar-refractivity contribution is 5.45. The zero-order valence-corrected chi connectivity index (χ0v) is 12.1. The fraction of sp³-hybridized carbons (Fsp3) is 0.714. The van der Waals surface area contributed by atoms with Gasteiger partial charge in [0.05, 0.1) is 6.10 Å². The van der Waals surface area contributed by atoms with E-state index in [4.69, 9.17) is 4.74 Å². The van der Waals surface area contributed by atoms with Gasteiger partial charge in [-0.1, -0.05) is 12.8 Å². The Morgan fingerprint density at radius 2 is 2.10 bits per heavy atom. The fourth-order valence-corrected chi connectivity index (χ4v) is 3.45. The third kappa shape index (κ3) is 2.57. The van der Waals surface area contributed by atoms with E-state index < -0.39 is 0 Å². The van der Waals surface area contributed by atoms with Crippen LogP contribution in [0.3, 0.4) is 0 Å². The number of nitrogens with zero attached hydrogens (tertiary/aromatic N) is 6. The van der Waals surface area contributed by atoms with Crippen LogP contribution in [0, 0.1) is 0 Å². The molecule has 4 rings (SSSR count). The highest BCUT2D eigenvalue weighted by atomic mass is 16.5. The van der Waals surface area contributed by atoms with Crippen LogP contribution < -0.4 is 4.90 Å². The normalized spacial score (nSPS) is 23.1. The smallest absolute Gasteiger partial charge is 0.200 e.